The molecular weight excluding hydrogens is 520 g/mol. The number of hydrogen-bond donors (Lipinski definition) is 0. The summed E-state index contributed by atoms with van der Waals surface area (Å²) in [5.74, 6) is 0.746. The first kappa shape index (κ1) is 26.7. The predicted molar refractivity (Wildman–Crippen MR) is 145 cm³/mol. The van der Waals surface area contributed by atoms with Gasteiger partial charge in [-0.05, 0) is 69.3 Å². The Balaban J connectivity index is 1.36. The van der Waals surface area contributed by atoms with Gasteiger partial charge in [0.25, 0.3) is 5.91 Å². The van der Waals surface area contributed by atoms with E-state index in [0.29, 0.717) is 49.1 Å². The summed E-state index contributed by atoms with van der Waals surface area (Å²) >= 11 is 0. The van der Waals surface area contributed by atoms with Crippen molar-refractivity contribution in [2.75, 3.05) is 66.3 Å². The molecule has 1 aromatic heterocycles. The minimum Gasteiger partial charge on any atom is -0.497 e. The van der Waals surface area contributed by atoms with E-state index in [1.165, 1.54) is 7.11 Å². The van der Waals surface area contributed by atoms with Crippen molar-refractivity contribution >= 4 is 15.7 Å². The number of ether oxygens (including phenoxy) is 3. The summed E-state index contributed by atoms with van der Waals surface area (Å²) in [6.07, 6.45) is 5.39. The van der Waals surface area contributed by atoms with Gasteiger partial charge in [-0.15, -0.1) is 0 Å². The molecule has 39 heavy (non-hydrogen) atoms. The van der Waals surface area contributed by atoms with Gasteiger partial charge in [0.2, 0.25) is 0 Å². The van der Waals surface area contributed by atoms with Crippen LogP contribution < -0.4 is 4.74 Å². The molecule has 10 nitrogen and oxygen atoms in total. The number of morpholine rings is 1. The van der Waals surface area contributed by atoms with Crippen molar-refractivity contribution in [3.05, 3.63) is 29.5 Å². The lowest BCUT2D eigenvalue weighted by molar-refractivity contribution is 0.0297. The van der Waals surface area contributed by atoms with Gasteiger partial charge in [0.05, 0.1) is 42.7 Å². The van der Waals surface area contributed by atoms with E-state index >= 15 is 0 Å². The predicted octanol–water partition coefficient (Wildman–Crippen LogP) is 2.77. The molecule has 1 aromatic carbocycles. The van der Waals surface area contributed by atoms with Gasteiger partial charge >= 0.3 is 0 Å². The molecule has 0 N–H and O–H groups in total. The van der Waals surface area contributed by atoms with Crippen LogP contribution in [0, 0.1) is 5.92 Å². The van der Waals surface area contributed by atoms with Crippen LogP contribution in [0.1, 0.15) is 54.2 Å². The highest BCUT2D eigenvalue weighted by Crippen LogP contribution is 2.43. The fourth-order valence-corrected chi connectivity index (χ4v) is 8.03. The minimum absolute atomic E-state index is 0.0594. The van der Waals surface area contributed by atoms with Gasteiger partial charge in [0.1, 0.15) is 5.75 Å². The first-order valence-corrected chi connectivity index (χ1v) is 15.8. The molecule has 0 spiro atoms. The number of nitrogens with zero attached hydrogens (tertiary/aromatic N) is 4. The van der Waals surface area contributed by atoms with Crippen LogP contribution in [0.3, 0.4) is 0 Å². The largest absolute Gasteiger partial charge is 0.497 e. The van der Waals surface area contributed by atoms with Gasteiger partial charge in [0.15, 0.2) is 15.5 Å². The molecule has 1 atom stereocenters. The molecule has 212 valence electrons. The van der Waals surface area contributed by atoms with E-state index in [2.05, 4.69) is 4.90 Å². The molecule has 3 saturated heterocycles. The van der Waals surface area contributed by atoms with Gasteiger partial charge in [-0.3, -0.25) is 9.48 Å². The summed E-state index contributed by atoms with van der Waals surface area (Å²) < 4.78 is 45.2. The number of likely N-dealkylation sites (tertiary alicyclic amines) is 1. The van der Waals surface area contributed by atoms with Crippen molar-refractivity contribution in [3.63, 3.8) is 0 Å². The van der Waals surface area contributed by atoms with E-state index < -0.39 is 9.84 Å². The molecule has 2 aromatic rings. The number of carbonyl (C=O) groups is 1. The highest BCUT2D eigenvalue weighted by molar-refractivity contribution is 7.90. The summed E-state index contributed by atoms with van der Waals surface area (Å²) in [6.45, 7) is 6.53. The summed E-state index contributed by atoms with van der Waals surface area (Å²) in [4.78, 5) is 18.2. The molecule has 6 rings (SSSR count). The number of benzene rings is 1. The quantitative estimate of drug-likeness (QED) is 0.533. The molecule has 0 saturated carbocycles. The third-order valence-electron chi connectivity index (χ3n) is 8.64. The summed E-state index contributed by atoms with van der Waals surface area (Å²) in [6, 6.07) is 5.24. The lowest BCUT2D eigenvalue weighted by Crippen LogP contribution is -2.41. The number of methoxy groups -OCH3 is 1. The van der Waals surface area contributed by atoms with E-state index in [4.69, 9.17) is 19.3 Å². The Morgan fingerprint density at radius 3 is 2.62 bits per heavy atom. The second kappa shape index (κ2) is 11.2. The van der Waals surface area contributed by atoms with E-state index in [1.807, 2.05) is 4.68 Å². The third-order valence-corrected chi connectivity index (χ3v) is 10.3. The van der Waals surface area contributed by atoms with Crippen LogP contribution in [0.15, 0.2) is 23.1 Å². The van der Waals surface area contributed by atoms with Crippen molar-refractivity contribution in [1.82, 2.24) is 19.6 Å². The Morgan fingerprint density at radius 1 is 1.08 bits per heavy atom. The average Bonchev–Trinajstić information content (AvgIpc) is 3.35. The first-order chi connectivity index (χ1) is 18.9. The van der Waals surface area contributed by atoms with Crippen LogP contribution in [0.4, 0.5) is 0 Å². The molecule has 3 fully saturated rings. The first-order valence-electron chi connectivity index (χ1n) is 14.1. The van der Waals surface area contributed by atoms with Gasteiger partial charge in [-0.1, -0.05) is 0 Å². The maximum absolute atomic E-state index is 13.7. The summed E-state index contributed by atoms with van der Waals surface area (Å²) in [5, 5.41) is 4.93. The molecule has 4 aliphatic heterocycles. The fraction of sp³-hybridized carbons (Fsp3) is 0.643. The Kier molecular flexibility index (Phi) is 7.67. The van der Waals surface area contributed by atoms with Gasteiger partial charge in [-0.25, -0.2) is 8.42 Å². The Morgan fingerprint density at radius 2 is 1.85 bits per heavy atom. The fourth-order valence-electron chi connectivity index (χ4n) is 6.43. The molecule has 0 radical (unpaired) electrons. The molecule has 0 unspecified atom stereocenters. The van der Waals surface area contributed by atoms with Gasteiger partial charge in [-0.2, -0.15) is 5.10 Å². The standard InChI is InChI=1S/C28H38N4O6S/c1-36-22-4-5-23-25(17-22)39(34,35)19-24-26(28(33)31-11-15-38-16-12-31)29-32(27(23)24)21-3-2-9-30(18-21)10-6-20-7-13-37-14-8-20/h4-5,17,20-21H,2-3,6-16,18-19H2,1H3/t21-/m0/s1. The van der Waals surface area contributed by atoms with Crippen molar-refractivity contribution in [3.8, 4) is 17.0 Å². The average molecular weight is 559 g/mol. The van der Waals surface area contributed by atoms with Gasteiger partial charge < -0.3 is 24.0 Å². The Bertz CT molecular complexity index is 1310. The maximum Gasteiger partial charge on any atom is 0.274 e. The molecule has 5 heterocycles. The number of carbonyl (C=O) groups excluding carboxylic acids is 1. The van der Waals surface area contributed by atoms with Crippen LogP contribution in [-0.4, -0.2) is 100 Å². The number of rotatable bonds is 6. The van der Waals surface area contributed by atoms with E-state index in [9.17, 15) is 13.2 Å². The molecular formula is C28H38N4O6S. The van der Waals surface area contributed by atoms with Crippen LogP contribution in [0.2, 0.25) is 0 Å². The highest BCUT2D eigenvalue weighted by Gasteiger charge is 2.39. The molecule has 4 aliphatic rings. The number of fused-ring (bicyclic) bond motifs is 3. The smallest absolute Gasteiger partial charge is 0.274 e. The molecule has 11 heteroatoms. The van der Waals surface area contributed by atoms with Crippen LogP contribution in [-0.2, 0) is 25.1 Å². The van der Waals surface area contributed by atoms with Crippen molar-refractivity contribution < 1.29 is 27.4 Å². The second-order valence-corrected chi connectivity index (χ2v) is 13.0. The van der Waals surface area contributed by atoms with Gasteiger partial charge in [0, 0.05) is 44.0 Å². The zero-order valence-corrected chi connectivity index (χ0v) is 23.5. The lowest BCUT2D eigenvalue weighted by Gasteiger charge is -2.35. The lowest BCUT2D eigenvalue weighted by atomic mass is 9.95. The third kappa shape index (κ3) is 5.33. The van der Waals surface area contributed by atoms with E-state index in [-0.39, 0.29) is 28.3 Å². The van der Waals surface area contributed by atoms with Crippen LogP contribution >= 0.6 is 0 Å². The SMILES string of the molecule is COc1ccc2c(c1)S(=O)(=O)Cc1c(C(=O)N3CCOCC3)nn([C@H]3CCCN(CCC4CCOCC4)C3)c1-2. The maximum atomic E-state index is 13.7. The summed E-state index contributed by atoms with van der Waals surface area (Å²) in [7, 11) is -2.14. The zero-order valence-electron chi connectivity index (χ0n) is 22.6. The number of hydrogen-bond acceptors (Lipinski definition) is 8. The number of piperidine rings is 1. The molecule has 0 bridgehead atoms. The topological polar surface area (TPSA) is 103 Å². The zero-order chi connectivity index (χ0) is 27.0. The van der Waals surface area contributed by atoms with Crippen LogP contribution in [0.5, 0.6) is 5.75 Å². The monoisotopic (exact) mass is 558 g/mol. The summed E-state index contributed by atoms with van der Waals surface area (Å²) in [5.41, 5.74) is 2.14. The Labute approximate surface area is 230 Å². The minimum atomic E-state index is -3.67. The normalized spacial score (nSPS) is 23.7. The van der Waals surface area contributed by atoms with E-state index in [1.54, 1.807) is 23.1 Å². The number of amides is 1. The van der Waals surface area contributed by atoms with Crippen molar-refractivity contribution in [2.24, 2.45) is 5.92 Å². The molecule has 1 amide bonds. The van der Waals surface area contributed by atoms with E-state index in [0.717, 1.165) is 70.6 Å². The second-order valence-electron chi connectivity index (χ2n) is 11.1. The number of sulfone groups is 1. The van der Waals surface area contributed by atoms with Crippen LogP contribution in [0.25, 0.3) is 11.3 Å². The molecule has 0 aliphatic carbocycles. The number of aromatic nitrogens is 2. The Hall–Kier alpha value is -2.47. The van der Waals surface area contributed by atoms with Crippen molar-refractivity contribution in [1.29, 1.82) is 0 Å². The highest BCUT2D eigenvalue weighted by atomic mass is 32.2. The van der Waals surface area contributed by atoms with Crippen molar-refractivity contribution in [2.45, 2.75) is 48.8 Å².